The molecule has 0 spiro atoms. The highest BCUT2D eigenvalue weighted by molar-refractivity contribution is 5.68. The molecule has 0 radical (unpaired) electrons. The molecule has 18 heavy (non-hydrogen) atoms. The molecular formula is C14H13NO3. The summed E-state index contributed by atoms with van der Waals surface area (Å²) in [5.74, 6) is -1.03. The van der Waals surface area contributed by atoms with Gasteiger partial charge in [0, 0.05) is 11.8 Å². The predicted octanol–water partition coefficient (Wildman–Crippen LogP) is 1.91. The first kappa shape index (κ1) is 12.1. The van der Waals surface area contributed by atoms with Crippen molar-refractivity contribution in [2.24, 2.45) is 0 Å². The summed E-state index contributed by atoms with van der Waals surface area (Å²) in [5.41, 5.74) is 2.07. The summed E-state index contributed by atoms with van der Waals surface area (Å²) in [6.45, 7) is 1.60. The summed E-state index contributed by atoms with van der Waals surface area (Å²) in [7, 11) is 0. The molecule has 0 saturated carbocycles. The highest BCUT2D eigenvalue weighted by Gasteiger charge is 2.09. The summed E-state index contributed by atoms with van der Waals surface area (Å²) in [6, 6.07) is 10.9. The molecule has 2 rings (SSSR count). The number of carbonyl (C=O) groups is 1. The average Bonchev–Trinajstić information content (AvgIpc) is 2.32. The summed E-state index contributed by atoms with van der Waals surface area (Å²) >= 11 is 0. The number of hydrogen-bond acceptors (Lipinski definition) is 2. The molecule has 0 aliphatic rings. The fourth-order valence-corrected chi connectivity index (χ4v) is 1.89. The predicted molar refractivity (Wildman–Crippen MR) is 68.5 cm³/mol. The Morgan fingerprint density at radius 1 is 1.17 bits per heavy atom. The molecule has 0 aliphatic carbocycles. The highest BCUT2D eigenvalue weighted by atomic mass is 16.4. The first-order valence-corrected chi connectivity index (χ1v) is 5.57. The topological polar surface area (TPSA) is 59.3 Å². The van der Waals surface area contributed by atoms with Gasteiger partial charge in [-0.3, -0.25) is 9.59 Å². The van der Waals surface area contributed by atoms with E-state index in [4.69, 9.17) is 5.11 Å². The van der Waals surface area contributed by atoms with E-state index in [1.807, 2.05) is 31.2 Å². The zero-order chi connectivity index (χ0) is 13.1. The van der Waals surface area contributed by atoms with Gasteiger partial charge in [-0.2, -0.15) is 0 Å². The second kappa shape index (κ2) is 4.87. The SMILES string of the molecule is Cc1ccccc1-c1cccn(CC(=O)O)c1=O. The number of rotatable bonds is 3. The van der Waals surface area contributed by atoms with Gasteiger partial charge in [0.15, 0.2) is 0 Å². The molecule has 92 valence electrons. The minimum atomic E-state index is -1.03. The molecule has 0 fully saturated rings. The molecule has 1 aromatic heterocycles. The van der Waals surface area contributed by atoms with Gasteiger partial charge >= 0.3 is 5.97 Å². The first-order valence-electron chi connectivity index (χ1n) is 5.57. The molecule has 0 bridgehead atoms. The molecule has 0 unspecified atom stereocenters. The van der Waals surface area contributed by atoms with E-state index in [0.29, 0.717) is 5.56 Å². The van der Waals surface area contributed by atoms with E-state index in [2.05, 4.69) is 0 Å². The molecule has 1 aromatic carbocycles. The van der Waals surface area contributed by atoms with Crippen LogP contribution in [-0.4, -0.2) is 15.6 Å². The van der Waals surface area contributed by atoms with Crippen molar-refractivity contribution in [3.05, 3.63) is 58.5 Å². The molecular weight excluding hydrogens is 230 g/mol. The Balaban J connectivity index is 2.57. The van der Waals surface area contributed by atoms with Gasteiger partial charge in [-0.25, -0.2) is 0 Å². The van der Waals surface area contributed by atoms with Gasteiger partial charge in [0.2, 0.25) is 0 Å². The number of nitrogens with zero attached hydrogens (tertiary/aromatic N) is 1. The van der Waals surface area contributed by atoms with Crippen LogP contribution in [0.25, 0.3) is 11.1 Å². The lowest BCUT2D eigenvalue weighted by atomic mass is 10.0. The van der Waals surface area contributed by atoms with E-state index < -0.39 is 5.97 Å². The normalized spacial score (nSPS) is 10.3. The van der Waals surface area contributed by atoms with Crippen molar-refractivity contribution in [2.45, 2.75) is 13.5 Å². The van der Waals surface area contributed by atoms with Crippen LogP contribution in [0.5, 0.6) is 0 Å². The van der Waals surface area contributed by atoms with Gasteiger partial charge in [0.25, 0.3) is 5.56 Å². The van der Waals surface area contributed by atoms with Gasteiger partial charge in [0.05, 0.1) is 0 Å². The third-order valence-electron chi connectivity index (χ3n) is 2.76. The molecule has 0 saturated heterocycles. The molecule has 0 amide bonds. The molecule has 0 aliphatic heterocycles. The van der Waals surface area contributed by atoms with Crippen LogP contribution in [0.2, 0.25) is 0 Å². The van der Waals surface area contributed by atoms with Crippen LogP contribution >= 0.6 is 0 Å². The van der Waals surface area contributed by atoms with Gasteiger partial charge in [-0.1, -0.05) is 24.3 Å². The number of aryl methyl sites for hydroxylation is 1. The van der Waals surface area contributed by atoms with Gasteiger partial charge in [0.1, 0.15) is 6.54 Å². The lowest BCUT2D eigenvalue weighted by Gasteiger charge is -2.08. The van der Waals surface area contributed by atoms with Crippen molar-refractivity contribution in [1.82, 2.24) is 4.57 Å². The third kappa shape index (κ3) is 2.32. The summed E-state index contributed by atoms with van der Waals surface area (Å²) < 4.78 is 1.20. The Labute approximate surface area is 104 Å². The van der Waals surface area contributed by atoms with Crippen LogP contribution in [0.1, 0.15) is 5.56 Å². The number of hydrogen-bond donors (Lipinski definition) is 1. The molecule has 1 N–H and O–H groups in total. The van der Waals surface area contributed by atoms with Crippen LogP contribution < -0.4 is 5.56 Å². The summed E-state index contributed by atoms with van der Waals surface area (Å²) in [4.78, 5) is 22.8. The van der Waals surface area contributed by atoms with E-state index in [0.717, 1.165) is 11.1 Å². The van der Waals surface area contributed by atoms with Crippen LogP contribution in [0.4, 0.5) is 0 Å². The minimum absolute atomic E-state index is 0.283. The largest absolute Gasteiger partial charge is 0.480 e. The average molecular weight is 243 g/mol. The summed E-state index contributed by atoms with van der Waals surface area (Å²) in [6.07, 6.45) is 1.48. The van der Waals surface area contributed by atoms with Crippen LogP contribution in [0, 0.1) is 6.92 Å². The fraction of sp³-hybridized carbons (Fsp3) is 0.143. The monoisotopic (exact) mass is 243 g/mol. The first-order chi connectivity index (χ1) is 8.59. The lowest BCUT2D eigenvalue weighted by molar-refractivity contribution is -0.137. The van der Waals surface area contributed by atoms with E-state index in [9.17, 15) is 9.59 Å². The molecule has 4 heteroatoms. The van der Waals surface area contributed by atoms with Gasteiger partial charge in [-0.15, -0.1) is 0 Å². The van der Waals surface area contributed by atoms with Crippen molar-refractivity contribution in [1.29, 1.82) is 0 Å². The maximum absolute atomic E-state index is 12.2. The van der Waals surface area contributed by atoms with Crippen molar-refractivity contribution in [3.63, 3.8) is 0 Å². The molecule has 0 atom stereocenters. The van der Waals surface area contributed by atoms with E-state index in [1.54, 1.807) is 12.1 Å². The maximum Gasteiger partial charge on any atom is 0.323 e. The number of aromatic nitrogens is 1. The fourth-order valence-electron chi connectivity index (χ4n) is 1.89. The van der Waals surface area contributed by atoms with Crippen molar-refractivity contribution in [3.8, 4) is 11.1 Å². The molecule has 2 aromatic rings. The Bertz CT molecular complexity index is 643. The number of pyridine rings is 1. The van der Waals surface area contributed by atoms with Crippen molar-refractivity contribution >= 4 is 5.97 Å². The number of benzene rings is 1. The van der Waals surface area contributed by atoms with E-state index in [1.165, 1.54) is 10.8 Å². The quantitative estimate of drug-likeness (QED) is 0.895. The Hall–Kier alpha value is -2.36. The number of carboxylic acids is 1. The second-order valence-corrected chi connectivity index (χ2v) is 4.06. The van der Waals surface area contributed by atoms with Gasteiger partial charge in [-0.05, 0) is 30.2 Å². The number of carboxylic acid groups (broad SMARTS) is 1. The van der Waals surface area contributed by atoms with Crippen molar-refractivity contribution < 1.29 is 9.90 Å². The van der Waals surface area contributed by atoms with Crippen LogP contribution in [0.3, 0.4) is 0 Å². The van der Waals surface area contributed by atoms with E-state index in [-0.39, 0.29) is 12.1 Å². The molecule has 1 heterocycles. The minimum Gasteiger partial charge on any atom is -0.480 e. The smallest absolute Gasteiger partial charge is 0.323 e. The summed E-state index contributed by atoms with van der Waals surface area (Å²) in [5, 5.41) is 8.75. The zero-order valence-electron chi connectivity index (χ0n) is 9.96. The molecule has 4 nitrogen and oxygen atoms in total. The third-order valence-corrected chi connectivity index (χ3v) is 2.76. The van der Waals surface area contributed by atoms with Crippen molar-refractivity contribution in [2.75, 3.05) is 0 Å². The zero-order valence-corrected chi connectivity index (χ0v) is 9.96. The van der Waals surface area contributed by atoms with E-state index >= 15 is 0 Å². The second-order valence-electron chi connectivity index (χ2n) is 4.06. The Morgan fingerprint density at radius 3 is 2.50 bits per heavy atom. The lowest BCUT2D eigenvalue weighted by Crippen LogP contribution is -2.24. The Morgan fingerprint density at radius 2 is 1.83 bits per heavy atom. The number of aliphatic carboxylic acids is 1. The van der Waals surface area contributed by atoms with Crippen LogP contribution in [-0.2, 0) is 11.3 Å². The van der Waals surface area contributed by atoms with Gasteiger partial charge < -0.3 is 9.67 Å². The standard InChI is InChI=1S/C14H13NO3/c1-10-5-2-3-6-11(10)12-7-4-8-15(14(12)18)9-13(16)17/h2-8H,9H2,1H3,(H,16,17). The Kier molecular flexibility index (Phi) is 3.28. The highest BCUT2D eigenvalue weighted by Crippen LogP contribution is 2.19. The maximum atomic E-state index is 12.2. The van der Waals surface area contributed by atoms with Crippen LogP contribution in [0.15, 0.2) is 47.4 Å².